The van der Waals surface area contributed by atoms with Crippen molar-refractivity contribution >= 4 is 33.5 Å². The van der Waals surface area contributed by atoms with Crippen molar-refractivity contribution in [1.82, 2.24) is 0 Å². The second-order valence-corrected chi connectivity index (χ2v) is 3.76. The Bertz CT molecular complexity index is 354. The Labute approximate surface area is 101 Å². The van der Waals surface area contributed by atoms with Gasteiger partial charge in [-0.1, -0.05) is 27.5 Å². The lowest BCUT2D eigenvalue weighted by Gasteiger charge is -2.11. The van der Waals surface area contributed by atoms with E-state index < -0.39 is 5.97 Å². The number of carbonyl (C=O) groups is 1. The van der Waals surface area contributed by atoms with Gasteiger partial charge in [-0.05, 0) is 17.7 Å². The van der Waals surface area contributed by atoms with Crippen LogP contribution in [0.3, 0.4) is 0 Å². The molecule has 5 heteroatoms. The number of alkyl halides is 1. The Hall–Kier alpha value is -0.740. The van der Waals surface area contributed by atoms with E-state index in [0.717, 1.165) is 5.56 Å². The molecule has 0 radical (unpaired) electrons. The van der Waals surface area contributed by atoms with Crippen LogP contribution in [0.1, 0.15) is 15.9 Å². The molecule has 3 nitrogen and oxygen atoms in total. The number of hydrogen-bond donors (Lipinski definition) is 0. The normalized spacial score (nSPS) is 9.87. The predicted molar refractivity (Wildman–Crippen MR) is 62.0 cm³/mol. The van der Waals surface area contributed by atoms with Gasteiger partial charge < -0.3 is 9.47 Å². The van der Waals surface area contributed by atoms with Crippen LogP contribution in [0.15, 0.2) is 12.1 Å². The van der Waals surface area contributed by atoms with Gasteiger partial charge in [0.1, 0.15) is 11.3 Å². The first-order valence-electron chi connectivity index (χ1n) is 4.14. The van der Waals surface area contributed by atoms with E-state index in [0.29, 0.717) is 21.7 Å². The van der Waals surface area contributed by atoms with Gasteiger partial charge in [0, 0.05) is 10.4 Å². The number of esters is 1. The third-order valence-corrected chi connectivity index (χ3v) is 2.72. The molecule has 15 heavy (non-hydrogen) atoms. The average molecular weight is 294 g/mol. The summed E-state index contributed by atoms with van der Waals surface area (Å²) < 4.78 is 9.76. The van der Waals surface area contributed by atoms with Gasteiger partial charge in [0.2, 0.25) is 0 Å². The maximum atomic E-state index is 11.5. The Balaban J connectivity index is 3.36. The molecule has 0 aromatic heterocycles. The molecule has 0 aliphatic heterocycles. The van der Waals surface area contributed by atoms with Crippen molar-refractivity contribution in [2.45, 2.75) is 5.33 Å². The monoisotopic (exact) mass is 292 g/mol. The van der Waals surface area contributed by atoms with E-state index in [1.54, 1.807) is 12.1 Å². The van der Waals surface area contributed by atoms with Gasteiger partial charge in [0.05, 0.1) is 14.2 Å². The fourth-order valence-electron chi connectivity index (χ4n) is 1.24. The molecule has 0 spiro atoms. The number of carbonyl (C=O) groups excluding carboxylic acids is 1. The molecule has 0 saturated carbocycles. The zero-order valence-electron chi connectivity index (χ0n) is 8.34. The molecule has 82 valence electrons. The Kier molecular flexibility index (Phi) is 4.42. The van der Waals surface area contributed by atoms with Crippen LogP contribution in [0.2, 0.25) is 5.02 Å². The first kappa shape index (κ1) is 12.3. The highest BCUT2D eigenvalue weighted by atomic mass is 79.9. The summed E-state index contributed by atoms with van der Waals surface area (Å²) in [6.45, 7) is 0. The molecule has 0 bridgehead atoms. The molecule has 0 atom stereocenters. The minimum atomic E-state index is -0.432. The predicted octanol–water partition coefficient (Wildman–Crippen LogP) is 3.03. The highest BCUT2D eigenvalue weighted by Gasteiger charge is 2.18. The Morgan fingerprint density at radius 1 is 1.47 bits per heavy atom. The fraction of sp³-hybridized carbons (Fsp3) is 0.300. The average Bonchev–Trinajstić information content (AvgIpc) is 2.26. The number of hydrogen-bond acceptors (Lipinski definition) is 3. The van der Waals surface area contributed by atoms with Crippen molar-refractivity contribution in [2.75, 3.05) is 14.2 Å². The molecular formula is C10H10BrClO3. The molecule has 0 saturated heterocycles. The maximum Gasteiger partial charge on any atom is 0.341 e. The van der Waals surface area contributed by atoms with Crippen LogP contribution in [0.4, 0.5) is 0 Å². The molecule has 0 unspecified atom stereocenters. The van der Waals surface area contributed by atoms with Gasteiger partial charge in [0.15, 0.2) is 0 Å². The molecule has 0 amide bonds. The zero-order chi connectivity index (χ0) is 11.4. The van der Waals surface area contributed by atoms with Gasteiger partial charge in [-0.2, -0.15) is 0 Å². The highest BCUT2D eigenvalue weighted by molar-refractivity contribution is 9.08. The SMILES string of the molecule is COC(=O)c1c(CBr)cc(Cl)cc1OC. The summed E-state index contributed by atoms with van der Waals surface area (Å²) in [6.07, 6.45) is 0. The van der Waals surface area contributed by atoms with Crippen LogP contribution in [0, 0.1) is 0 Å². The molecule has 0 heterocycles. The standard InChI is InChI=1S/C10H10BrClO3/c1-14-8-4-7(12)3-6(5-11)9(8)10(13)15-2/h3-4H,5H2,1-2H3. The number of benzene rings is 1. The first-order chi connectivity index (χ1) is 7.13. The lowest BCUT2D eigenvalue weighted by atomic mass is 10.1. The highest BCUT2D eigenvalue weighted by Crippen LogP contribution is 2.29. The number of rotatable bonds is 3. The third-order valence-electron chi connectivity index (χ3n) is 1.90. The van der Waals surface area contributed by atoms with Gasteiger partial charge in [0.25, 0.3) is 0 Å². The summed E-state index contributed by atoms with van der Waals surface area (Å²) in [6, 6.07) is 3.28. The lowest BCUT2D eigenvalue weighted by molar-refractivity contribution is 0.0596. The molecule has 1 rings (SSSR count). The molecule has 1 aromatic carbocycles. The Morgan fingerprint density at radius 3 is 2.60 bits per heavy atom. The fourth-order valence-corrected chi connectivity index (χ4v) is 1.91. The third kappa shape index (κ3) is 2.63. The van der Waals surface area contributed by atoms with Crippen LogP contribution in [0.25, 0.3) is 0 Å². The van der Waals surface area contributed by atoms with Gasteiger partial charge in [-0.15, -0.1) is 0 Å². The van der Waals surface area contributed by atoms with E-state index in [4.69, 9.17) is 16.3 Å². The summed E-state index contributed by atoms with van der Waals surface area (Å²) >= 11 is 9.16. The van der Waals surface area contributed by atoms with Crippen molar-refractivity contribution in [2.24, 2.45) is 0 Å². The quantitative estimate of drug-likeness (QED) is 0.635. The first-order valence-corrected chi connectivity index (χ1v) is 5.64. The van der Waals surface area contributed by atoms with Crippen LogP contribution < -0.4 is 4.74 Å². The second kappa shape index (κ2) is 5.37. The number of ether oxygens (including phenoxy) is 2. The van der Waals surface area contributed by atoms with E-state index in [2.05, 4.69) is 20.7 Å². The summed E-state index contributed by atoms with van der Waals surface area (Å²) in [5.74, 6) is -0.0123. The van der Waals surface area contributed by atoms with E-state index in [-0.39, 0.29) is 0 Å². The van der Waals surface area contributed by atoms with Crippen molar-refractivity contribution in [3.05, 3.63) is 28.3 Å². The second-order valence-electron chi connectivity index (χ2n) is 2.77. The molecule has 0 N–H and O–H groups in total. The van der Waals surface area contributed by atoms with Crippen molar-refractivity contribution in [1.29, 1.82) is 0 Å². The number of methoxy groups -OCH3 is 2. The summed E-state index contributed by atoms with van der Waals surface area (Å²) in [5, 5.41) is 1.03. The lowest BCUT2D eigenvalue weighted by Crippen LogP contribution is -2.07. The van der Waals surface area contributed by atoms with E-state index in [9.17, 15) is 4.79 Å². The molecular weight excluding hydrogens is 283 g/mol. The minimum absolute atomic E-state index is 0.404. The van der Waals surface area contributed by atoms with Crippen LogP contribution in [-0.2, 0) is 10.1 Å². The minimum Gasteiger partial charge on any atom is -0.496 e. The van der Waals surface area contributed by atoms with Crippen molar-refractivity contribution < 1.29 is 14.3 Å². The van der Waals surface area contributed by atoms with E-state index >= 15 is 0 Å². The van der Waals surface area contributed by atoms with Gasteiger partial charge in [-0.3, -0.25) is 0 Å². The van der Waals surface area contributed by atoms with Crippen molar-refractivity contribution in [3.8, 4) is 5.75 Å². The van der Waals surface area contributed by atoms with Crippen LogP contribution in [-0.4, -0.2) is 20.2 Å². The van der Waals surface area contributed by atoms with E-state index in [1.807, 2.05) is 0 Å². The van der Waals surface area contributed by atoms with Crippen LogP contribution >= 0.6 is 27.5 Å². The maximum absolute atomic E-state index is 11.5. The summed E-state index contributed by atoms with van der Waals surface area (Å²) in [5.41, 5.74) is 1.15. The van der Waals surface area contributed by atoms with Crippen LogP contribution in [0.5, 0.6) is 5.75 Å². The smallest absolute Gasteiger partial charge is 0.341 e. The van der Waals surface area contributed by atoms with E-state index in [1.165, 1.54) is 14.2 Å². The number of halogens is 2. The summed E-state index contributed by atoms with van der Waals surface area (Å²) in [7, 11) is 2.81. The topological polar surface area (TPSA) is 35.5 Å². The van der Waals surface area contributed by atoms with Crippen molar-refractivity contribution in [3.63, 3.8) is 0 Å². The molecule has 0 fully saturated rings. The van der Waals surface area contributed by atoms with Gasteiger partial charge in [-0.25, -0.2) is 4.79 Å². The largest absolute Gasteiger partial charge is 0.496 e. The summed E-state index contributed by atoms with van der Waals surface area (Å²) in [4.78, 5) is 11.5. The van der Waals surface area contributed by atoms with Gasteiger partial charge >= 0.3 is 5.97 Å². The molecule has 0 aliphatic carbocycles. The molecule has 0 aliphatic rings. The molecule has 1 aromatic rings. The Morgan fingerprint density at radius 2 is 2.13 bits per heavy atom. The zero-order valence-corrected chi connectivity index (χ0v) is 10.7.